The van der Waals surface area contributed by atoms with Gasteiger partial charge in [0.25, 0.3) is 0 Å². The maximum absolute atomic E-state index is 13.0. The van der Waals surface area contributed by atoms with Crippen molar-refractivity contribution < 1.29 is 4.79 Å². The first-order valence-electron chi connectivity index (χ1n) is 9.68. The van der Waals surface area contributed by atoms with E-state index in [9.17, 15) is 4.79 Å². The Morgan fingerprint density at radius 1 is 1.11 bits per heavy atom. The van der Waals surface area contributed by atoms with Gasteiger partial charge in [-0.25, -0.2) is 14.8 Å². The summed E-state index contributed by atoms with van der Waals surface area (Å²) in [6, 6.07) is 2.18. The van der Waals surface area contributed by atoms with Gasteiger partial charge in [0.2, 0.25) is 0 Å². The highest BCUT2D eigenvalue weighted by Gasteiger charge is 2.31. The molecule has 8 heteroatoms. The Labute approximate surface area is 162 Å². The van der Waals surface area contributed by atoms with Crippen LogP contribution in [0.15, 0.2) is 24.7 Å². The SMILES string of the molecule is O=C(N1CCC(Cl)CC1)N1CCC[C@@H](c2ncc3cnc4[nH]ccc4n23)C1. The molecule has 2 saturated heterocycles. The van der Waals surface area contributed by atoms with E-state index in [1.165, 1.54) is 0 Å². The standard InChI is InChI=1S/C19H23ClN6O/c20-14-4-8-24(9-5-14)19(27)25-7-1-2-13(12-25)18-23-11-15-10-22-17-16(26(15)18)3-6-21-17/h3,6,10-11,13-14,21H,1-2,4-5,7-9,12H2/t13-/m1/s1. The first kappa shape index (κ1) is 16.9. The van der Waals surface area contributed by atoms with Crippen molar-refractivity contribution in [3.63, 3.8) is 0 Å². The molecule has 0 unspecified atom stereocenters. The number of hydrogen-bond donors (Lipinski definition) is 1. The molecule has 0 radical (unpaired) electrons. The zero-order valence-corrected chi connectivity index (χ0v) is 15.9. The van der Waals surface area contributed by atoms with E-state index in [4.69, 9.17) is 16.6 Å². The van der Waals surface area contributed by atoms with Gasteiger partial charge in [0, 0.05) is 43.7 Å². The Kier molecular flexibility index (Phi) is 4.19. The average Bonchev–Trinajstić information content (AvgIpc) is 3.34. The minimum atomic E-state index is 0.151. The van der Waals surface area contributed by atoms with Gasteiger partial charge in [-0.05, 0) is 31.7 Å². The third-order valence-electron chi connectivity index (χ3n) is 5.84. The smallest absolute Gasteiger partial charge is 0.320 e. The van der Waals surface area contributed by atoms with Gasteiger partial charge >= 0.3 is 6.03 Å². The zero-order chi connectivity index (χ0) is 18.4. The molecule has 2 aliphatic heterocycles. The molecule has 5 rings (SSSR count). The number of nitrogens with one attached hydrogen (secondary N) is 1. The molecule has 0 aromatic carbocycles. The van der Waals surface area contributed by atoms with Crippen LogP contribution in [0.1, 0.15) is 37.4 Å². The minimum absolute atomic E-state index is 0.151. The van der Waals surface area contributed by atoms with Gasteiger partial charge in [-0.1, -0.05) is 0 Å². The van der Waals surface area contributed by atoms with E-state index in [1.54, 1.807) is 0 Å². The largest absolute Gasteiger partial charge is 0.345 e. The van der Waals surface area contributed by atoms with E-state index < -0.39 is 0 Å². The summed E-state index contributed by atoms with van der Waals surface area (Å²) in [5.74, 6) is 1.25. The molecule has 5 heterocycles. The van der Waals surface area contributed by atoms with Gasteiger partial charge in [-0.2, -0.15) is 0 Å². The molecule has 1 atom stereocenters. The summed E-state index contributed by atoms with van der Waals surface area (Å²) in [6.07, 6.45) is 9.43. The van der Waals surface area contributed by atoms with Crippen LogP contribution in [0.25, 0.3) is 16.7 Å². The predicted octanol–water partition coefficient (Wildman–Crippen LogP) is 3.21. The summed E-state index contributed by atoms with van der Waals surface area (Å²) in [7, 11) is 0. The van der Waals surface area contributed by atoms with Crippen LogP contribution >= 0.6 is 11.6 Å². The highest BCUT2D eigenvalue weighted by atomic mass is 35.5. The Morgan fingerprint density at radius 2 is 1.93 bits per heavy atom. The molecule has 2 aliphatic rings. The number of amides is 2. The van der Waals surface area contributed by atoms with Crippen molar-refractivity contribution in [1.29, 1.82) is 0 Å². The number of imidazole rings is 1. The number of carbonyl (C=O) groups excluding carboxylic acids is 1. The van der Waals surface area contributed by atoms with Crippen LogP contribution in [0, 0.1) is 0 Å². The summed E-state index contributed by atoms with van der Waals surface area (Å²) < 4.78 is 2.18. The Bertz CT molecular complexity index is 973. The highest BCUT2D eigenvalue weighted by molar-refractivity contribution is 6.20. The Balaban J connectivity index is 1.40. The molecule has 0 saturated carbocycles. The lowest BCUT2D eigenvalue weighted by Gasteiger charge is -2.38. The van der Waals surface area contributed by atoms with Gasteiger partial charge in [0.05, 0.1) is 23.4 Å². The first-order valence-corrected chi connectivity index (χ1v) is 10.1. The number of carbonyl (C=O) groups is 1. The lowest BCUT2D eigenvalue weighted by Crippen LogP contribution is -2.49. The van der Waals surface area contributed by atoms with Crippen LogP contribution in [-0.2, 0) is 0 Å². The third kappa shape index (κ3) is 2.94. The van der Waals surface area contributed by atoms with E-state index in [0.29, 0.717) is 6.54 Å². The molecular weight excluding hydrogens is 364 g/mol. The number of H-pyrrole nitrogens is 1. The van der Waals surface area contributed by atoms with Crippen LogP contribution in [0.3, 0.4) is 0 Å². The number of aromatic nitrogens is 4. The summed E-state index contributed by atoms with van der Waals surface area (Å²) >= 11 is 6.19. The number of aromatic amines is 1. The van der Waals surface area contributed by atoms with Crippen LogP contribution < -0.4 is 0 Å². The van der Waals surface area contributed by atoms with Gasteiger partial charge in [-0.15, -0.1) is 11.6 Å². The molecule has 142 valence electrons. The van der Waals surface area contributed by atoms with E-state index in [-0.39, 0.29) is 17.3 Å². The molecule has 3 aromatic heterocycles. The monoisotopic (exact) mass is 386 g/mol. The van der Waals surface area contributed by atoms with Gasteiger partial charge < -0.3 is 14.8 Å². The number of halogens is 1. The van der Waals surface area contributed by atoms with Crippen molar-refractivity contribution in [3.8, 4) is 0 Å². The summed E-state index contributed by atoms with van der Waals surface area (Å²) in [5.41, 5.74) is 2.88. The maximum Gasteiger partial charge on any atom is 0.320 e. The van der Waals surface area contributed by atoms with Crippen LogP contribution in [-0.4, -0.2) is 66.7 Å². The minimum Gasteiger partial charge on any atom is -0.345 e. The molecule has 2 fully saturated rings. The molecule has 7 nitrogen and oxygen atoms in total. The summed E-state index contributed by atoms with van der Waals surface area (Å²) in [4.78, 5) is 29.2. The second-order valence-corrected chi connectivity index (χ2v) is 8.19. The lowest BCUT2D eigenvalue weighted by atomic mass is 9.97. The van der Waals surface area contributed by atoms with Gasteiger partial charge in [0.15, 0.2) is 5.65 Å². The van der Waals surface area contributed by atoms with Crippen molar-refractivity contribution in [2.45, 2.75) is 37.0 Å². The number of piperidine rings is 2. The van der Waals surface area contributed by atoms with Crippen molar-refractivity contribution in [3.05, 3.63) is 30.5 Å². The first-order chi connectivity index (χ1) is 13.2. The predicted molar refractivity (Wildman–Crippen MR) is 104 cm³/mol. The molecule has 1 N–H and O–H groups in total. The van der Waals surface area contributed by atoms with Crippen LogP contribution in [0.2, 0.25) is 0 Å². The fourth-order valence-electron chi connectivity index (χ4n) is 4.39. The second-order valence-electron chi connectivity index (χ2n) is 7.58. The molecule has 3 aromatic rings. The molecule has 0 bridgehead atoms. The molecule has 0 spiro atoms. The number of likely N-dealkylation sites (tertiary alicyclic amines) is 2. The van der Waals surface area contributed by atoms with Crippen molar-refractivity contribution in [2.75, 3.05) is 26.2 Å². The number of fused-ring (bicyclic) bond motifs is 3. The molecule has 0 aliphatic carbocycles. The summed E-state index contributed by atoms with van der Waals surface area (Å²) in [6.45, 7) is 3.06. The molecular formula is C19H23ClN6O. The third-order valence-corrected chi connectivity index (χ3v) is 6.28. The fourth-order valence-corrected chi connectivity index (χ4v) is 4.58. The topological polar surface area (TPSA) is 69.5 Å². The zero-order valence-electron chi connectivity index (χ0n) is 15.1. The van der Waals surface area contributed by atoms with E-state index in [0.717, 1.165) is 67.8 Å². The number of urea groups is 1. The number of rotatable bonds is 1. The van der Waals surface area contributed by atoms with Crippen molar-refractivity contribution >= 4 is 34.3 Å². The highest BCUT2D eigenvalue weighted by Crippen LogP contribution is 2.29. The molecule has 2 amide bonds. The summed E-state index contributed by atoms with van der Waals surface area (Å²) in [5, 5.41) is 0.205. The number of hydrogen-bond acceptors (Lipinski definition) is 3. The van der Waals surface area contributed by atoms with Crippen molar-refractivity contribution in [1.82, 2.24) is 29.2 Å². The van der Waals surface area contributed by atoms with E-state index in [2.05, 4.69) is 14.4 Å². The maximum atomic E-state index is 13.0. The Morgan fingerprint density at radius 3 is 2.78 bits per heavy atom. The van der Waals surface area contributed by atoms with Crippen LogP contribution in [0.4, 0.5) is 4.79 Å². The number of nitrogens with zero attached hydrogens (tertiary/aromatic N) is 5. The number of alkyl halides is 1. The van der Waals surface area contributed by atoms with E-state index >= 15 is 0 Å². The van der Waals surface area contributed by atoms with Gasteiger partial charge in [-0.3, -0.25) is 4.40 Å². The van der Waals surface area contributed by atoms with Crippen molar-refractivity contribution in [2.24, 2.45) is 0 Å². The van der Waals surface area contributed by atoms with Gasteiger partial charge in [0.1, 0.15) is 5.82 Å². The fraction of sp³-hybridized carbons (Fsp3) is 0.526. The Hall–Kier alpha value is -2.28. The second kappa shape index (κ2) is 6.71. The molecule has 27 heavy (non-hydrogen) atoms. The van der Waals surface area contributed by atoms with Crippen LogP contribution in [0.5, 0.6) is 0 Å². The van der Waals surface area contributed by atoms with E-state index in [1.807, 2.05) is 34.5 Å². The normalized spacial score (nSPS) is 22.0. The average molecular weight is 387 g/mol. The lowest BCUT2D eigenvalue weighted by molar-refractivity contribution is 0.130. The quantitative estimate of drug-likeness (QED) is 0.653.